The summed E-state index contributed by atoms with van der Waals surface area (Å²) in [5.41, 5.74) is 1.71. The van der Waals surface area contributed by atoms with E-state index in [2.05, 4.69) is 4.90 Å². The summed E-state index contributed by atoms with van der Waals surface area (Å²) < 4.78 is 13.4. The number of hydrogen-bond donors (Lipinski definition) is 1. The Labute approximate surface area is 156 Å². The Morgan fingerprint density at radius 2 is 1.92 bits per heavy atom. The molecule has 0 aliphatic carbocycles. The highest BCUT2D eigenvalue weighted by atomic mass is 35.5. The van der Waals surface area contributed by atoms with E-state index in [1.165, 1.54) is 12.1 Å². The summed E-state index contributed by atoms with van der Waals surface area (Å²) in [4.78, 5) is 13.5. The number of benzene rings is 2. The Hall–Kier alpha value is -1.62. The molecule has 1 N–H and O–H groups in total. The number of halogens is 3. The molecule has 3 rings (SSSR count). The lowest BCUT2D eigenvalue weighted by molar-refractivity contribution is -0.143. The molecule has 1 aliphatic heterocycles. The van der Waals surface area contributed by atoms with Gasteiger partial charge in [-0.2, -0.15) is 0 Å². The number of rotatable bonds is 4. The average Bonchev–Trinajstić information content (AvgIpc) is 2.59. The summed E-state index contributed by atoms with van der Waals surface area (Å²) in [5.74, 6) is -1.51. The van der Waals surface area contributed by atoms with Gasteiger partial charge in [0.15, 0.2) is 0 Å². The molecular weight excluding hydrogens is 364 g/mol. The third kappa shape index (κ3) is 4.14. The second-order valence-corrected chi connectivity index (χ2v) is 7.14. The summed E-state index contributed by atoms with van der Waals surface area (Å²) in [6.07, 6.45) is 1.45. The topological polar surface area (TPSA) is 40.5 Å². The maximum absolute atomic E-state index is 13.4. The van der Waals surface area contributed by atoms with Crippen LogP contribution in [0.15, 0.2) is 42.5 Å². The molecule has 132 valence electrons. The number of piperidine rings is 1. The summed E-state index contributed by atoms with van der Waals surface area (Å²) in [6, 6.07) is 11.3. The van der Waals surface area contributed by atoms with Crippen LogP contribution in [0.3, 0.4) is 0 Å². The minimum Gasteiger partial charge on any atom is -0.481 e. The zero-order valence-electron chi connectivity index (χ0n) is 13.5. The van der Waals surface area contributed by atoms with Crippen LogP contribution in [0.2, 0.25) is 10.0 Å². The van der Waals surface area contributed by atoms with Crippen molar-refractivity contribution in [3.63, 3.8) is 0 Å². The first-order valence-corrected chi connectivity index (χ1v) is 8.88. The first-order valence-electron chi connectivity index (χ1n) is 8.13. The zero-order chi connectivity index (χ0) is 18.0. The van der Waals surface area contributed by atoms with E-state index in [0.717, 1.165) is 24.1 Å². The van der Waals surface area contributed by atoms with Crippen molar-refractivity contribution in [1.82, 2.24) is 4.90 Å². The number of carboxylic acids is 1. The van der Waals surface area contributed by atoms with Crippen molar-refractivity contribution in [2.45, 2.75) is 18.9 Å². The van der Waals surface area contributed by atoms with Gasteiger partial charge in [0.2, 0.25) is 0 Å². The third-order valence-electron chi connectivity index (χ3n) is 4.61. The molecule has 2 atom stereocenters. The summed E-state index contributed by atoms with van der Waals surface area (Å²) in [5, 5.41) is 10.4. The second kappa shape index (κ2) is 7.73. The van der Waals surface area contributed by atoms with Crippen molar-refractivity contribution in [3.05, 3.63) is 69.5 Å². The Bertz CT molecular complexity index is 767. The number of nitrogens with zero attached hydrogens (tertiary/aromatic N) is 1. The van der Waals surface area contributed by atoms with Crippen LogP contribution in [0.4, 0.5) is 4.39 Å². The predicted octanol–water partition coefficient (Wildman–Crippen LogP) is 5.02. The molecule has 1 heterocycles. The van der Waals surface area contributed by atoms with E-state index >= 15 is 0 Å². The number of aliphatic carboxylic acids is 1. The van der Waals surface area contributed by atoms with Gasteiger partial charge in [0.1, 0.15) is 5.82 Å². The molecule has 0 bridgehead atoms. The summed E-state index contributed by atoms with van der Waals surface area (Å²) >= 11 is 12.4. The van der Waals surface area contributed by atoms with E-state index in [4.69, 9.17) is 23.2 Å². The fourth-order valence-electron chi connectivity index (χ4n) is 3.40. The fourth-order valence-corrected chi connectivity index (χ4v) is 3.91. The average molecular weight is 382 g/mol. The van der Waals surface area contributed by atoms with Crippen molar-refractivity contribution in [1.29, 1.82) is 0 Å². The van der Waals surface area contributed by atoms with Crippen molar-refractivity contribution in [2.75, 3.05) is 13.1 Å². The molecule has 2 aromatic carbocycles. The number of carboxylic acid groups (broad SMARTS) is 1. The molecule has 6 heteroatoms. The molecule has 1 saturated heterocycles. The zero-order valence-corrected chi connectivity index (χ0v) is 15.0. The monoisotopic (exact) mass is 381 g/mol. The van der Waals surface area contributed by atoms with Gasteiger partial charge in [-0.25, -0.2) is 4.39 Å². The van der Waals surface area contributed by atoms with E-state index in [1.54, 1.807) is 24.3 Å². The molecule has 0 aromatic heterocycles. The van der Waals surface area contributed by atoms with Crippen LogP contribution in [-0.4, -0.2) is 29.1 Å². The van der Waals surface area contributed by atoms with Crippen LogP contribution in [-0.2, 0) is 4.79 Å². The van der Waals surface area contributed by atoms with Gasteiger partial charge in [-0.05, 0) is 54.8 Å². The van der Waals surface area contributed by atoms with E-state index in [1.807, 2.05) is 6.07 Å². The molecule has 2 aromatic rings. The van der Waals surface area contributed by atoms with Crippen LogP contribution in [0.25, 0.3) is 0 Å². The lowest BCUT2D eigenvalue weighted by atomic mass is 9.91. The van der Waals surface area contributed by atoms with Gasteiger partial charge in [-0.15, -0.1) is 0 Å². The molecule has 0 spiro atoms. The minimum absolute atomic E-state index is 0.243. The molecule has 3 nitrogen and oxygen atoms in total. The van der Waals surface area contributed by atoms with Gasteiger partial charge < -0.3 is 5.11 Å². The second-order valence-electron chi connectivity index (χ2n) is 6.29. The smallest absolute Gasteiger partial charge is 0.307 e. The van der Waals surface area contributed by atoms with Crippen molar-refractivity contribution in [3.8, 4) is 0 Å². The number of likely N-dealkylation sites (tertiary alicyclic amines) is 1. The maximum atomic E-state index is 13.4. The Kier molecular flexibility index (Phi) is 5.62. The highest BCUT2D eigenvalue weighted by Crippen LogP contribution is 2.37. The largest absolute Gasteiger partial charge is 0.481 e. The summed E-state index contributed by atoms with van der Waals surface area (Å²) in [6.45, 7) is 1.18. The van der Waals surface area contributed by atoms with Crippen LogP contribution in [0.1, 0.15) is 30.0 Å². The van der Waals surface area contributed by atoms with Gasteiger partial charge in [0.25, 0.3) is 0 Å². The SMILES string of the molecule is O=C(O)C1CCCN(C(c2ccc(F)cc2)c2ccc(Cl)cc2Cl)C1. The normalized spacial score (nSPS) is 19.6. The Morgan fingerprint density at radius 3 is 2.56 bits per heavy atom. The van der Waals surface area contributed by atoms with Crippen LogP contribution in [0, 0.1) is 11.7 Å². The summed E-state index contributed by atoms with van der Waals surface area (Å²) in [7, 11) is 0. The highest BCUT2D eigenvalue weighted by Gasteiger charge is 2.32. The molecule has 1 aliphatic rings. The van der Waals surface area contributed by atoms with Crippen molar-refractivity contribution in [2.24, 2.45) is 5.92 Å². The molecule has 0 radical (unpaired) electrons. The van der Waals surface area contributed by atoms with E-state index in [9.17, 15) is 14.3 Å². The highest BCUT2D eigenvalue weighted by molar-refractivity contribution is 6.35. The molecule has 0 amide bonds. The lowest BCUT2D eigenvalue weighted by Gasteiger charge is -2.38. The van der Waals surface area contributed by atoms with Gasteiger partial charge in [-0.1, -0.05) is 41.4 Å². The van der Waals surface area contributed by atoms with Crippen LogP contribution in [0.5, 0.6) is 0 Å². The Morgan fingerprint density at radius 1 is 1.20 bits per heavy atom. The van der Waals surface area contributed by atoms with Crippen molar-refractivity contribution < 1.29 is 14.3 Å². The minimum atomic E-state index is -0.787. The van der Waals surface area contributed by atoms with Crippen LogP contribution < -0.4 is 0 Å². The van der Waals surface area contributed by atoms with E-state index in [-0.39, 0.29) is 11.9 Å². The third-order valence-corrected chi connectivity index (χ3v) is 5.17. The lowest BCUT2D eigenvalue weighted by Crippen LogP contribution is -2.41. The molecule has 25 heavy (non-hydrogen) atoms. The standard InChI is InChI=1S/C19H18Cl2FNO2/c20-14-5-8-16(17(21)10-14)18(12-3-6-15(22)7-4-12)23-9-1-2-13(11-23)19(24)25/h3-8,10,13,18H,1-2,9,11H2,(H,24,25). The van der Waals surface area contributed by atoms with Gasteiger partial charge >= 0.3 is 5.97 Å². The van der Waals surface area contributed by atoms with Crippen LogP contribution >= 0.6 is 23.2 Å². The first kappa shape index (κ1) is 18.2. The molecular formula is C19H18Cl2FNO2. The fraction of sp³-hybridized carbons (Fsp3) is 0.316. The quantitative estimate of drug-likeness (QED) is 0.808. The van der Waals surface area contributed by atoms with E-state index in [0.29, 0.717) is 23.0 Å². The molecule has 0 saturated carbocycles. The number of hydrogen-bond acceptors (Lipinski definition) is 2. The molecule has 2 unspecified atom stereocenters. The predicted molar refractivity (Wildman–Crippen MR) is 96.6 cm³/mol. The van der Waals surface area contributed by atoms with Gasteiger partial charge in [0.05, 0.1) is 12.0 Å². The molecule has 1 fully saturated rings. The maximum Gasteiger partial charge on any atom is 0.307 e. The van der Waals surface area contributed by atoms with Crippen molar-refractivity contribution >= 4 is 29.2 Å². The number of carbonyl (C=O) groups is 1. The van der Waals surface area contributed by atoms with Gasteiger partial charge in [0, 0.05) is 16.6 Å². The van der Waals surface area contributed by atoms with E-state index < -0.39 is 11.9 Å². The first-order chi connectivity index (χ1) is 12.0. The Balaban J connectivity index is 2.02. The van der Waals surface area contributed by atoms with Gasteiger partial charge in [-0.3, -0.25) is 9.69 Å².